The van der Waals surface area contributed by atoms with Crippen molar-refractivity contribution < 1.29 is 9.53 Å². The molecule has 0 radical (unpaired) electrons. The smallest absolute Gasteiger partial charge is 0.263 e. The summed E-state index contributed by atoms with van der Waals surface area (Å²) in [6.45, 7) is 7.88. The molecule has 0 aliphatic heterocycles. The van der Waals surface area contributed by atoms with Gasteiger partial charge in [-0.15, -0.1) is 6.58 Å². The molecule has 4 heteroatoms. The summed E-state index contributed by atoms with van der Waals surface area (Å²) in [5.41, 5.74) is 2.08. The van der Waals surface area contributed by atoms with Crippen LogP contribution in [-0.2, 0) is 9.53 Å². The SMILES string of the molecule is C=CCCOC(C(=O)NN)C(C)C. The van der Waals surface area contributed by atoms with E-state index in [0.717, 1.165) is 6.42 Å². The van der Waals surface area contributed by atoms with E-state index < -0.39 is 6.10 Å². The largest absolute Gasteiger partial charge is 0.368 e. The van der Waals surface area contributed by atoms with Crippen molar-refractivity contribution in [2.45, 2.75) is 26.4 Å². The van der Waals surface area contributed by atoms with Crippen LogP contribution < -0.4 is 11.3 Å². The number of rotatable bonds is 6. The molecule has 1 amide bonds. The highest BCUT2D eigenvalue weighted by Gasteiger charge is 2.21. The fourth-order valence-corrected chi connectivity index (χ4v) is 0.931. The van der Waals surface area contributed by atoms with E-state index in [0.29, 0.717) is 6.61 Å². The van der Waals surface area contributed by atoms with Crippen LogP contribution in [0.2, 0.25) is 0 Å². The van der Waals surface area contributed by atoms with E-state index in [1.165, 1.54) is 0 Å². The van der Waals surface area contributed by atoms with Gasteiger partial charge in [0.05, 0.1) is 6.61 Å². The van der Waals surface area contributed by atoms with Crippen molar-refractivity contribution in [2.24, 2.45) is 11.8 Å². The highest BCUT2D eigenvalue weighted by Crippen LogP contribution is 2.06. The van der Waals surface area contributed by atoms with Gasteiger partial charge in [-0.2, -0.15) is 0 Å². The molecule has 0 saturated heterocycles. The summed E-state index contributed by atoms with van der Waals surface area (Å²) in [4.78, 5) is 11.2. The van der Waals surface area contributed by atoms with Crippen LogP contribution in [0.5, 0.6) is 0 Å². The third-order valence-electron chi connectivity index (χ3n) is 1.63. The van der Waals surface area contributed by atoms with Crippen molar-refractivity contribution in [1.29, 1.82) is 0 Å². The summed E-state index contributed by atoms with van der Waals surface area (Å²) in [5.74, 6) is 4.86. The average Bonchev–Trinajstić information content (AvgIpc) is 2.11. The summed E-state index contributed by atoms with van der Waals surface area (Å²) < 4.78 is 5.33. The lowest BCUT2D eigenvalue weighted by molar-refractivity contribution is -0.135. The molecule has 0 aromatic rings. The lowest BCUT2D eigenvalue weighted by Crippen LogP contribution is -2.43. The second kappa shape index (κ2) is 6.62. The summed E-state index contributed by atoms with van der Waals surface area (Å²) in [6.07, 6.45) is 2.02. The molecule has 3 N–H and O–H groups in total. The molecule has 0 heterocycles. The molecule has 0 aliphatic carbocycles. The number of nitrogens with one attached hydrogen (secondary N) is 1. The number of nitrogens with two attached hydrogens (primary N) is 1. The lowest BCUT2D eigenvalue weighted by atomic mass is 10.1. The molecule has 0 bridgehead atoms. The standard InChI is InChI=1S/C9H18N2O2/c1-4-5-6-13-8(7(2)3)9(12)11-10/h4,7-8H,1,5-6,10H2,2-3H3,(H,11,12). The first-order chi connectivity index (χ1) is 6.13. The van der Waals surface area contributed by atoms with Crippen molar-refractivity contribution in [3.63, 3.8) is 0 Å². The van der Waals surface area contributed by atoms with Gasteiger partial charge in [-0.25, -0.2) is 5.84 Å². The second-order valence-corrected chi connectivity index (χ2v) is 3.12. The van der Waals surface area contributed by atoms with Crippen molar-refractivity contribution in [3.05, 3.63) is 12.7 Å². The number of hydrogen-bond acceptors (Lipinski definition) is 3. The van der Waals surface area contributed by atoms with Crippen LogP contribution in [0, 0.1) is 5.92 Å². The van der Waals surface area contributed by atoms with Crippen molar-refractivity contribution in [2.75, 3.05) is 6.61 Å². The molecule has 0 aliphatic rings. The van der Waals surface area contributed by atoms with Crippen molar-refractivity contribution >= 4 is 5.91 Å². The van der Waals surface area contributed by atoms with Gasteiger partial charge in [0.25, 0.3) is 5.91 Å². The third kappa shape index (κ3) is 4.65. The van der Waals surface area contributed by atoms with Crippen LogP contribution in [0.4, 0.5) is 0 Å². The molecule has 0 spiro atoms. The first-order valence-corrected chi connectivity index (χ1v) is 4.36. The number of hydrazine groups is 1. The minimum absolute atomic E-state index is 0.119. The summed E-state index contributed by atoms with van der Waals surface area (Å²) in [5, 5.41) is 0. The van der Waals surface area contributed by atoms with Crippen LogP contribution in [0.15, 0.2) is 12.7 Å². The van der Waals surface area contributed by atoms with Gasteiger partial charge < -0.3 is 4.74 Å². The van der Waals surface area contributed by atoms with E-state index in [9.17, 15) is 4.79 Å². The summed E-state index contributed by atoms with van der Waals surface area (Å²) >= 11 is 0. The number of carbonyl (C=O) groups excluding carboxylic acids is 1. The Labute approximate surface area is 79.1 Å². The predicted octanol–water partition coefficient (Wildman–Crippen LogP) is 0.594. The van der Waals surface area contributed by atoms with Crippen LogP contribution in [0.25, 0.3) is 0 Å². The molecule has 0 aromatic heterocycles. The number of ether oxygens (including phenoxy) is 1. The molecule has 4 nitrogen and oxygen atoms in total. The molecule has 13 heavy (non-hydrogen) atoms. The van der Waals surface area contributed by atoms with E-state index >= 15 is 0 Å². The van der Waals surface area contributed by atoms with Crippen LogP contribution in [0.1, 0.15) is 20.3 Å². The zero-order chi connectivity index (χ0) is 10.3. The van der Waals surface area contributed by atoms with Crippen LogP contribution in [-0.4, -0.2) is 18.6 Å². The van der Waals surface area contributed by atoms with Crippen LogP contribution in [0.3, 0.4) is 0 Å². The van der Waals surface area contributed by atoms with Gasteiger partial charge in [-0.1, -0.05) is 19.9 Å². The van der Waals surface area contributed by atoms with Gasteiger partial charge >= 0.3 is 0 Å². The quantitative estimate of drug-likeness (QED) is 0.210. The Morgan fingerprint density at radius 3 is 2.69 bits per heavy atom. The minimum atomic E-state index is -0.468. The van der Waals surface area contributed by atoms with Crippen LogP contribution >= 0.6 is 0 Å². The van der Waals surface area contributed by atoms with Gasteiger partial charge in [-0.3, -0.25) is 10.2 Å². The summed E-state index contributed by atoms with van der Waals surface area (Å²) in [6, 6.07) is 0. The molecule has 1 unspecified atom stereocenters. The first kappa shape index (κ1) is 12.1. The number of amides is 1. The Bertz CT molecular complexity index is 169. The van der Waals surface area contributed by atoms with Gasteiger partial charge in [-0.05, 0) is 12.3 Å². The molecular weight excluding hydrogens is 168 g/mol. The van der Waals surface area contributed by atoms with E-state index in [1.807, 2.05) is 13.8 Å². The Kier molecular flexibility index (Phi) is 6.18. The Morgan fingerprint density at radius 1 is 1.69 bits per heavy atom. The maximum absolute atomic E-state index is 11.2. The zero-order valence-corrected chi connectivity index (χ0v) is 8.25. The maximum atomic E-state index is 11.2. The predicted molar refractivity (Wildman–Crippen MR) is 51.7 cm³/mol. The van der Waals surface area contributed by atoms with Gasteiger partial charge in [0.2, 0.25) is 0 Å². The number of carbonyl (C=O) groups is 1. The monoisotopic (exact) mass is 186 g/mol. The Hall–Kier alpha value is -0.870. The van der Waals surface area contributed by atoms with Crippen molar-refractivity contribution in [3.8, 4) is 0 Å². The van der Waals surface area contributed by atoms with Gasteiger partial charge in [0.15, 0.2) is 0 Å². The average molecular weight is 186 g/mol. The minimum Gasteiger partial charge on any atom is -0.368 e. The number of hydrogen-bond donors (Lipinski definition) is 2. The van der Waals surface area contributed by atoms with Gasteiger partial charge in [0.1, 0.15) is 6.10 Å². The summed E-state index contributed by atoms with van der Waals surface area (Å²) in [7, 11) is 0. The fraction of sp³-hybridized carbons (Fsp3) is 0.667. The Balaban J connectivity index is 3.94. The maximum Gasteiger partial charge on any atom is 0.263 e. The second-order valence-electron chi connectivity index (χ2n) is 3.12. The van der Waals surface area contributed by atoms with Gasteiger partial charge in [0, 0.05) is 0 Å². The zero-order valence-electron chi connectivity index (χ0n) is 8.25. The topological polar surface area (TPSA) is 64.3 Å². The first-order valence-electron chi connectivity index (χ1n) is 4.36. The Morgan fingerprint density at radius 2 is 2.31 bits per heavy atom. The normalized spacial score (nSPS) is 12.6. The van der Waals surface area contributed by atoms with E-state index in [2.05, 4.69) is 12.0 Å². The fourth-order valence-electron chi connectivity index (χ4n) is 0.931. The van der Waals surface area contributed by atoms with Crippen molar-refractivity contribution in [1.82, 2.24) is 5.43 Å². The molecule has 0 aromatic carbocycles. The molecule has 76 valence electrons. The lowest BCUT2D eigenvalue weighted by Gasteiger charge is -2.18. The molecule has 1 atom stereocenters. The molecule has 0 saturated carbocycles. The third-order valence-corrected chi connectivity index (χ3v) is 1.63. The van der Waals surface area contributed by atoms with E-state index in [1.54, 1.807) is 6.08 Å². The molecule has 0 rings (SSSR count). The van der Waals surface area contributed by atoms with E-state index in [4.69, 9.17) is 10.6 Å². The molecule has 0 fully saturated rings. The van der Waals surface area contributed by atoms with E-state index in [-0.39, 0.29) is 11.8 Å². The molecular formula is C9H18N2O2. The highest BCUT2D eigenvalue weighted by molar-refractivity contribution is 5.80. The highest BCUT2D eigenvalue weighted by atomic mass is 16.5.